The fourth-order valence-electron chi connectivity index (χ4n) is 8.71. The highest BCUT2D eigenvalue weighted by Gasteiger charge is 2.22. The van der Waals surface area contributed by atoms with Crippen LogP contribution in [0, 0.1) is 0 Å². The van der Waals surface area contributed by atoms with Crippen LogP contribution in [0.1, 0.15) is 0 Å². The Labute approximate surface area is 331 Å². The van der Waals surface area contributed by atoms with Gasteiger partial charge in [-0.05, 0) is 54.1 Å². The van der Waals surface area contributed by atoms with Crippen LogP contribution in [0.4, 0.5) is 0 Å². The predicted octanol–water partition coefficient (Wildman–Crippen LogP) is 14.5. The van der Waals surface area contributed by atoms with Crippen molar-refractivity contribution in [3.05, 3.63) is 188 Å². The summed E-state index contributed by atoms with van der Waals surface area (Å²) >= 11 is 1.86. The first-order valence-corrected chi connectivity index (χ1v) is 20.0. The number of hydrogen-bond donors (Lipinski definition) is 0. The van der Waals surface area contributed by atoms with Crippen molar-refractivity contribution >= 4 is 75.3 Å². The van der Waals surface area contributed by atoms with E-state index in [9.17, 15) is 0 Å². The van der Waals surface area contributed by atoms with E-state index in [1.807, 2.05) is 29.5 Å². The summed E-state index contributed by atoms with van der Waals surface area (Å²) in [5, 5.41) is 7.03. The first kappa shape index (κ1) is 32.0. The molecule has 0 N–H and O–H groups in total. The third kappa shape index (κ3) is 4.99. The number of nitrogens with zero attached hydrogens (tertiary/aromatic N) is 3. The van der Waals surface area contributed by atoms with E-state index in [0.717, 1.165) is 83.1 Å². The molecule has 0 amide bonds. The second-order valence-corrected chi connectivity index (χ2v) is 15.5. The van der Waals surface area contributed by atoms with E-state index >= 15 is 0 Å². The van der Waals surface area contributed by atoms with Crippen molar-refractivity contribution in [2.45, 2.75) is 0 Å². The van der Waals surface area contributed by atoms with Gasteiger partial charge < -0.3 is 8.98 Å². The Morgan fingerprint density at radius 2 is 1.04 bits per heavy atom. The molecule has 0 atom stereocenters. The van der Waals surface area contributed by atoms with Gasteiger partial charge in [0.15, 0.2) is 5.82 Å². The van der Waals surface area contributed by atoms with Gasteiger partial charge in [0.05, 0.1) is 22.4 Å². The largest absolute Gasteiger partial charge is 0.456 e. The Morgan fingerprint density at radius 3 is 1.82 bits per heavy atom. The van der Waals surface area contributed by atoms with E-state index in [0.29, 0.717) is 5.82 Å². The lowest BCUT2D eigenvalue weighted by Crippen LogP contribution is -1.97. The van der Waals surface area contributed by atoms with Gasteiger partial charge in [-0.3, -0.25) is 0 Å². The summed E-state index contributed by atoms with van der Waals surface area (Å²) in [7, 11) is 0. The first-order valence-electron chi connectivity index (χ1n) is 19.2. The van der Waals surface area contributed by atoms with Crippen LogP contribution in [0.5, 0.6) is 0 Å². The Balaban J connectivity index is 1.16. The molecular formula is C52H31N3OS. The molecule has 0 aliphatic rings. The lowest BCUT2D eigenvalue weighted by Gasteiger charge is -2.13. The fourth-order valence-corrected chi connectivity index (χ4v) is 9.92. The smallest absolute Gasteiger partial charge is 0.161 e. The van der Waals surface area contributed by atoms with E-state index in [4.69, 9.17) is 14.4 Å². The van der Waals surface area contributed by atoms with Crippen molar-refractivity contribution in [3.63, 3.8) is 0 Å². The molecule has 0 bridgehead atoms. The molecule has 4 aromatic heterocycles. The van der Waals surface area contributed by atoms with E-state index in [1.54, 1.807) is 0 Å². The van der Waals surface area contributed by atoms with Gasteiger partial charge in [0.2, 0.25) is 0 Å². The molecule has 8 aromatic carbocycles. The third-order valence-electron chi connectivity index (χ3n) is 11.2. The number of furan rings is 1. The van der Waals surface area contributed by atoms with Crippen molar-refractivity contribution < 1.29 is 4.42 Å². The van der Waals surface area contributed by atoms with Crippen LogP contribution in [0.3, 0.4) is 0 Å². The lowest BCUT2D eigenvalue weighted by atomic mass is 9.97. The Morgan fingerprint density at radius 1 is 0.421 bits per heavy atom. The molecule has 57 heavy (non-hydrogen) atoms. The summed E-state index contributed by atoms with van der Waals surface area (Å²) in [4.78, 5) is 10.6. The molecule has 5 heteroatoms. The molecule has 0 aliphatic heterocycles. The SMILES string of the molecule is c1ccc(-c2cc(-c3ccccc3)nc(-c3cccc4c3c3ccccc3n4-c3cc(-c4cccc5oc6ccccc6c45)c4sc5ccccc5c4c3)n2)cc1. The molecule has 4 nitrogen and oxygen atoms in total. The number of rotatable bonds is 5. The minimum Gasteiger partial charge on any atom is -0.456 e. The number of benzene rings is 8. The molecule has 0 saturated heterocycles. The lowest BCUT2D eigenvalue weighted by molar-refractivity contribution is 0.669. The highest BCUT2D eigenvalue weighted by molar-refractivity contribution is 7.26. The number of thiophene rings is 1. The van der Waals surface area contributed by atoms with Crippen molar-refractivity contribution in [2.75, 3.05) is 0 Å². The maximum absolute atomic E-state index is 6.42. The molecule has 0 unspecified atom stereocenters. The monoisotopic (exact) mass is 745 g/mol. The summed E-state index contributed by atoms with van der Waals surface area (Å²) in [5.74, 6) is 0.696. The number of hydrogen-bond acceptors (Lipinski definition) is 4. The number of para-hydroxylation sites is 2. The van der Waals surface area contributed by atoms with Gasteiger partial charge in [-0.25, -0.2) is 9.97 Å². The van der Waals surface area contributed by atoms with Crippen molar-refractivity contribution in [1.29, 1.82) is 0 Å². The summed E-state index contributed by atoms with van der Waals surface area (Å²) < 4.78 is 11.4. The normalized spacial score (nSPS) is 11.9. The number of fused-ring (bicyclic) bond motifs is 9. The molecular weight excluding hydrogens is 715 g/mol. The second-order valence-electron chi connectivity index (χ2n) is 14.5. The van der Waals surface area contributed by atoms with Gasteiger partial charge in [-0.15, -0.1) is 11.3 Å². The standard InChI is InChI=1S/C52H31N3OS/c1-3-15-32(16-4-1)42-31-43(33-17-5-2-6-18-33)54-52(53-42)39-23-13-25-45-49(39)37-20-7-10-24-44(37)55(45)34-29-40-35-19-9-12-28-48(35)57-51(40)41(30-34)36-22-14-27-47-50(36)38-21-8-11-26-46(38)56-47/h1-31H. The van der Waals surface area contributed by atoms with Crippen LogP contribution in [-0.4, -0.2) is 14.5 Å². The van der Waals surface area contributed by atoms with Gasteiger partial charge in [0, 0.05) is 69.7 Å². The molecule has 12 rings (SSSR count). The molecule has 4 heterocycles. The average molecular weight is 746 g/mol. The minimum atomic E-state index is 0.696. The van der Waals surface area contributed by atoms with E-state index in [-0.39, 0.29) is 0 Å². The van der Waals surface area contributed by atoms with Gasteiger partial charge >= 0.3 is 0 Å². The van der Waals surface area contributed by atoms with Gasteiger partial charge in [-0.2, -0.15) is 0 Å². The highest BCUT2D eigenvalue weighted by atomic mass is 32.1. The van der Waals surface area contributed by atoms with Crippen LogP contribution in [0.2, 0.25) is 0 Å². The summed E-state index contributed by atoms with van der Waals surface area (Å²) in [6.45, 7) is 0. The molecule has 0 saturated carbocycles. The van der Waals surface area contributed by atoms with Crippen molar-refractivity contribution in [3.8, 4) is 50.7 Å². The van der Waals surface area contributed by atoms with E-state index < -0.39 is 0 Å². The zero-order valence-electron chi connectivity index (χ0n) is 30.6. The Hall–Kier alpha value is -7.34. The van der Waals surface area contributed by atoms with Gasteiger partial charge in [0.1, 0.15) is 11.2 Å². The fraction of sp³-hybridized carbons (Fsp3) is 0. The van der Waals surface area contributed by atoms with Crippen LogP contribution in [-0.2, 0) is 0 Å². The molecule has 0 aliphatic carbocycles. The molecule has 266 valence electrons. The van der Waals surface area contributed by atoms with Gasteiger partial charge in [0.25, 0.3) is 0 Å². The van der Waals surface area contributed by atoms with E-state index in [2.05, 4.69) is 174 Å². The zero-order valence-corrected chi connectivity index (χ0v) is 31.4. The van der Waals surface area contributed by atoms with Crippen molar-refractivity contribution in [1.82, 2.24) is 14.5 Å². The van der Waals surface area contributed by atoms with Crippen LogP contribution >= 0.6 is 11.3 Å². The number of aromatic nitrogens is 3. The predicted molar refractivity (Wildman–Crippen MR) is 238 cm³/mol. The summed E-state index contributed by atoms with van der Waals surface area (Å²) in [5.41, 5.74) is 12.3. The summed E-state index contributed by atoms with van der Waals surface area (Å²) in [6.07, 6.45) is 0. The Kier molecular flexibility index (Phi) is 7.06. The average Bonchev–Trinajstić information content (AvgIpc) is 3.96. The van der Waals surface area contributed by atoms with Crippen LogP contribution in [0.15, 0.2) is 192 Å². The van der Waals surface area contributed by atoms with Crippen molar-refractivity contribution in [2.24, 2.45) is 0 Å². The quantitative estimate of drug-likeness (QED) is 0.176. The zero-order chi connectivity index (χ0) is 37.5. The maximum Gasteiger partial charge on any atom is 0.161 e. The molecule has 0 radical (unpaired) electrons. The van der Waals surface area contributed by atoms with Crippen LogP contribution in [0.25, 0.3) is 115 Å². The molecule has 0 fully saturated rings. The third-order valence-corrected chi connectivity index (χ3v) is 12.4. The topological polar surface area (TPSA) is 43.9 Å². The second kappa shape index (κ2) is 12.6. The molecule has 12 aromatic rings. The maximum atomic E-state index is 6.42. The van der Waals surface area contributed by atoms with Gasteiger partial charge in [-0.1, -0.05) is 140 Å². The molecule has 0 spiro atoms. The minimum absolute atomic E-state index is 0.696. The summed E-state index contributed by atoms with van der Waals surface area (Å²) in [6, 6.07) is 66.5. The first-order chi connectivity index (χ1) is 28.3. The Bertz CT molecular complexity index is 3470. The van der Waals surface area contributed by atoms with E-state index in [1.165, 1.54) is 25.7 Å². The highest BCUT2D eigenvalue weighted by Crippen LogP contribution is 2.47. The van der Waals surface area contributed by atoms with Crippen LogP contribution < -0.4 is 0 Å².